The Morgan fingerprint density at radius 1 is 1.40 bits per heavy atom. The summed E-state index contributed by atoms with van der Waals surface area (Å²) in [6, 6.07) is 1.47. The van der Waals surface area contributed by atoms with Crippen LogP contribution in [0.4, 0.5) is 0 Å². The van der Waals surface area contributed by atoms with E-state index in [4.69, 9.17) is 0 Å². The molecule has 0 saturated carbocycles. The van der Waals surface area contributed by atoms with Crippen LogP contribution in [0.1, 0.15) is 25.0 Å². The third kappa shape index (κ3) is 2.22. The minimum absolute atomic E-state index is 0.733. The van der Waals surface area contributed by atoms with Crippen LogP contribution in [0.5, 0.6) is 0 Å². The molecular formula is C11H17N3S. The van der Waals surface area contributed by atoms with Crippen molar-refractivity contribution in [1.29, 1.82) is 0 Å². The van der Waals surface area contributed by atoms with Gasteiger partial charge in [0.15, 0.2) is 0 Å². The Morgan fingerprint density at radius 2 is 2.20 bits per heavy atom. The molecule has 2 aliphatic heterocycles. The number of rotatable bonds is 2. The van der Waals surface area contributed by atoms with Crippen molar-refractivity contribution < 1.29 is 0 Å². The zero-order valence-electron chi connectivity index (χ0n) is 8.85. The quantitative estimate of drug-likeness (QED) is 0.823. The lowest BCUT2D eigenvalue weighted by Crippen LogP contribution is -2.58. The first kappa shape index (κ1) is 9.75. The summed E-state index contributed by atoms with van der Waals surface area (Å²) in [5.41, 5.74) is 3.17. The highest BCUT2D eigenvalue weighted by Gasteiger charge is 2.29. The third-order valence-corrected chi connectivity index (χ3v) is 4.04. The fourth-order valence-corrected chi connectivity index (χ4v) is 3.32. The van der Waals surface area contributed by atoms with E-state index in [1.54, 1.807) is 11.3 Å². The van der Waals surface area contributed by atoms with Crippen LogP contribution in [-0.2, 0) is 6.54 Å². The highest BCUT2D eigenvalue weighted by Crippen LogP contribution is 2.20. The molecule has 2 saturated heterocycles. The lowest BCUT2D eigenvalue weighted by atomic mass is 9.94. The molecule has 3 nitrogen and oxygen atoms in total. The van der Waals surface area contributed by atoms with E-state index < -0.39 is 0 Å². The fourth-order valence-electron chi connectivity index (χ4n) is 2.77. The molecule has 2 atom stereocenters. The number of hydrogen-bond donors (Lipinski definition) is 1. The molecule has 1 aromatic heterocycles. The van der Waals surface area contributed by atoms with E-state index in [-0.39, 0.29) is 0 Å². The number of fused-ring (bicyclic) bond motifs is 2. The van der Waals surface area contributed by atoms with Gasteiger partial charge < -0.3 is 5.32 Å². The van der Waals surface area contributed by atoms with E-state index in [1.807, 2.05) is 5.51 Å². The topological polar surface area (TPSA) is 28.2 Å². The Bertz CT molecular complexity index is 300. The summed E-state index contributed by atoms with van der Waals surface area (Å²) >= 11 is 1.70. The Labute approximate surface area is 94.5 Å². The van der Waals surface area contributed by atoms with Crippen LogP contribution in [0, 0.1) is 0 Å². The third-order valence-electron chi connectivity index (χ3n) is 3.40. The maximum Gasteiger partial charge on any atom is 0.0795 e. The van der Waals surface area contributed by atoms with Crippen molar-refractivity contribution in [2.45, 2.75) is 37.9 Å². The lowest BCUT2D eigenvalue weighted by Gasteiger charge is -2.42. The molecule has 1 aromatic rings. The normalized spacial score (nSPS) is 31.7. The first-order chi connectivity index (χ1) is 7.40. The van der Waals surface area contributed by atoms with Crippen LogP contribution in [-0.4, -0.2) is 35.1 Å². The second-order valence-electron chi connectivity index (χ2n) is 4.67. The lowest BCUT2D eigenvalue weighted by molar-refractivity contribution is 0.118. The van der Waals surface area contributed by atoms with Crippen LogP contribution < -0.4 is 5.32 Å². The number of aromatic nitrogens is 1. The summed E-state index contributed by atoms with van der Waals surface area (Å²) < 4.78 is 0. The highest BCUT2D eigenvalue weighted by atomic mass is 32.1. The van der Waals surface area contributed by atoms with E-state index >= 15 is 0 Å². The molecule has 0 amide bonds. The molecule has 3 heterocycles. The Morgan fingerprint density at radius 3 is 2.87 bits per heavy atom. The Kier molecular flexibility index (Phi) is 2.73. The average Bonchev–Trinajstić information content (AvgIpc) is 2.70. The summed E-state index contributed by atoms with van der Waals surface area (Å²) in [7, 11) is 0. The Balaban J connectivity index is 1.63. The molecule has 0 spiro atoms. The summed E-state index contributed by atoms with van der Waals surface area (Å²) in [5, 5.41) is 5.87. The molecule has 1 N–H and O–H groups in total. The summed E-state index contributed by atoms with van der Waals surface area (Å²) in [4.78, 5) is 6.92. The van der Waals surface area contributed by atoms with Crippen molar-refractivity contribution in [3.63, 3.8) is 0 Å². The van der Waals surface area contributed by atoms with Crippen LogP contribution in [0.3, 0.4) is 0 Å². The highest BCUT2D eigenvalue weighted by molar-refractivity contribution is 7.07. The molecule has 0 aliphatic carbocycles. The SMILES string of the molecule is c1nc(CN2CC3CCCC(C2)N3)cs1. The van der Waals surface area contributed by atoms with Gasteiger partial charge in [-0.25, -0.2) is 4.98 Å². The van der Waals surface area contributed by atoms with E-state index in [1.165, 1.54) is 38.0 Å². The zero-order valence-corrected chi connectivity index (χ0v) is 9.67. The fraction of sp³-hybridized carbons (Fsp3) is 0.727. The maximum absolute atomic E-state index is 4.36. The number of thiazole rings is 1. The zero-order chi connectivity index (χ0) is 10.1. The van der Waals surface area contributed by atoms with Crippen LogP contribution in [0.2, 0.25) is 0 Å². The van der Waals surface area contributed by atoms with Gasteiger partial charge in [0.25, 0.3) is 0 Å². The largest absolute Gasteiger partial charge is 0.309 e. The van der Waals surface area contributed by atoms with Crippen molar-refractivity contribution in [2.75, 3.05) is 13.1 Å². The van der Waals surface area contributed by atoms with E-state index in [0.29, 0.717) is 0 Å². The van der Waals surface area contributed by atoms with E-state index in [9.17, 15) is 0 Å². The molecule has 0 radical (unpaired) electrons. The molecule has 4 heteroatoms. The maximum atomic E-state index is 4.36. The van der Waals surface area contributed by atoms with Crippen LogP contribution in [0.15, 0.2) is 10.9 Å². The van der Waals surface area contributed by atoms with Crippen molar-refractivity contribution in [2.24, 2.45) is 0 Å². The number of nitrogens with one attached hydrogen (secondary N) is 1. The van der Waals surface area contributed by atoms with Gasteiger partial charge in [0.05, 0.1) is 11.2 Å². The first-order valence-corrected chi connectivity index (χ1v) is 6.70. The van der Waals surface area contributed by atoms with Gasteiger partial charge >= 0.3 is 0 Å². The van der Waals surface area contributed by atoms with Crippen molar-refractivity contribution in [3.05, 3.63) is 16.6 Å². The predicted octanol–water partition coefficient (Wildman–Crippen LogP) is 1.47. The van der Waals surface area contributed by atoms with Crippen molar-refractivity contribution >= 4 is 11.3 Å². The molecule has 2 unspecified atom stereocenters. The summed E-state index contributed by atoms with van der Waals surface area (Å²) in [6.45, 7) is 3.44. The molecule has 2 bridgehead atoms. The molecule has 3 rings (SSSR count). The number of likely N-dealkylation sites (tertiary alicyclic amines) is 1. The van der Waals surface area contributed by atoms with Gasteiger partial charge in [-0.15, -0.1) is 11.3 Å². The summed E-state index contributed by atoms with van der Waals surface area (Å²) in [6.07, 6.45) is 4.11. The second kappa shape index (κ2) is 4.20. The van der Waals surface area contributed by atoms with E-state index in [2.05, 4.69) is 20.6 Å². The van der Waals surface area contributed by atoms with Crippen LogP contribution >= 0.6 is 11.3 Å². The predicted molar refractivity (Wildman–Crippen MR) is 62.0 cm³/mol. The van der Waals surface area contributed by atoms with Gasteiger partial charge in [0.2, 0.25) is 0 Å². The van der Waals surface area contributed by atoms with Gasteiger partial charge in [-0.3, -0.25) is 4.90 Å². The molecule has 2 aliphatic rings. The standard InChI is InChI=1S/C11H17N3S/c1-2-9-4-14(5-10(3-1)13-9)6-11-7-15-8-12-11/h7-10,13H,1-6H2. The number of piperidine rings is 1. The number of hydrogen-bond acceptors (Lipinski definition) is 4. The minimum Gasteiger partial charge on any atom is -0.309 e. The van der Waals surface area contributed by atoms with Gasteiger partial charge in [0, 0.05) is 37.1 Å². The number of piperazine rings is 1. The molecule has 2 fully saturated rings. The van der Waals surface area contributed by atoms with Crippen molar-refractivity contribution in [3.8, 4) is 0 Å². The number of nitrogens with zero attached hydrogens (tertiary/aromatic N) is 2. The minimum atomic E-state index is 0.733. The smallest absolute Gasteiger partial charge is 0.0795 e. The van der Waals surface area contributed by atoms with Crippen molar-refractivity contribution in [1.82, 2.24) is 15.2 Å². The molecule has 15 heavy (non-hydrogen) atoms. The van der Waals surface area contributed by atoms with Crippen LogP contribution in [0.25, 0.3) is 0 Å². The first-order valence-electron chi connectivity index (χ1n) is 5.75. The molecule has 0 aromatic carbocycles. The average molecular weight is 223 g/mol. The van der Waals surface area contributed by atoms with E-state index in [0.717, 1.165) is 18.6 Å². The van der Waals surface area contributed by atoms with Gasteiger partial charge in [-0.1, -0.05) is 6.42 Å². The molecule has 82 valence electrons. The molecular weight excluding hydrogens is 206 g/mol. The summed E-state index contributed by atoms with van der Waals surface area (Å²) in [5.74, 6) is 0. The Hall–Kier alpha value is -0.450. The van der Waals surface area contributed by atoms with Gasteiger partial charge in [-0.05, 0) is 12.8 Å². The second-order valence-corrected chi connectivity index (χ2v) is 5.38. The van der Waals surface area contributed by atoms with Gasteiger partial charge in [-0.2, -0.15) is 0 Å². The monoisotopic (exact) mass is 223 g/mol. The van der Waals surface area contributed by atoms with Gasteiger partial charge in [0.1, 0.15) is 0 Å².